The zero-order chi connectivity index (χ0) is 36.3. The van der Waals surface area contributed by atoms with Crippen molar-refractivity contribution < 1.29 is 0 Å². The maximum absolute atomic E-state index is 5.30. The van der Waals surface area contributed by atoms with Crippen molar-refractivity contribution in [3.8, 4) is 51.0 Å². The van der Waals surface area contributed by atoms with Crippen LogP contribution in [0.4, 0.5) is 0 Å². The first kappa shape index (κ1) is 31.1. The van der Waals surface area contributed by atoms with Crippen LogP contribution in [0.2, 0.25) is 0 Å². The van der Waals surface area contributed by atoms with Crippen LogP contribution >= 0.6 is 0 Å². The molecule has 2 heterocycles. The number of fused-ring (bicyclic) bond motifs is 9. The van der Waals surface area contributed by atoms with E-state index in [2.05, 4.69) is 162 Å². The monoisotopic (exact) mass is 700 g/mol. The van der Waals surface area contributed by atoms with Crippen molar-refractivity contribution >= 4 is 54.1 Å². The van der Waals surface area contributed by atoms with Gasteiger partial charge in [0.25, 0.3) is 0 Å². The van der Waals surface area contributed by atoms with Gasteiger partial charge in [-0.1, -0.05) is 164 Å². The molecule has 11 aromatic rings. The number of para-hydroxylation sites is 1. The molecule has 0 aliphatic heterocycles. The van der Waals surface area contributed by atoms with E-state index in [9.17, 15) is 0 Å². The smallest absolute Gasteiger partial charge is 0.166 e. The van der Waals surface area contributed by atoms with E-state index < -0.39 is 0 Å². The Morgan fingerprint density at radius 2 is 0.709 bits per heavy atom. The van der Waals surface area contributed by atoms with Crippen molar-refractivity contribution in [2.75, 3.05) is 0 Å². The van der Waals surface area contributed by atoms with E-state index in [-0.39, 0.29) is 0 Å². The zero-order valence-corrected chi connectivity index (χ0v) is 29.8. The minimum Gasteiger partial charge on any atom is -0.308 e. The molecular formula is C51H32N4. The van der Waals surface area contributed by atoms with Crippen LogP contribution in [0.25, 0.3) is 105 Å². The third-order valence-corrected chi connectivity index (χ3v) is 10.8. The van der Waals surface area contributed by atoms with E-state index in [1.165, 1.54) is 48.8 Å². The Bertz CT molecular complexity index is 3180. The van der Waals surface area contributed by atoms with Crippen molar-refractivity contribution in [3.63, 3.8) is 0 Å². The molecule has 256 valence electrons. The number of aromatic nitrogens is 4. The molecule has 9 aromatic carbocycles. The third-order valence-electron chi connectivity index (χ3n) is 10.8. The van der Waals surface area contributed by atoms with Crippen LogP contribution in [0.5, 0.6) is 0 Å². The summed E-state index contributed by atoms with van der Waals surface area (Å²) in [6.07, 6.45) is 0. The summed E-state index contributed by atoms with van der Waals surface area (Å²) in [6.45, 7) is 0. The molecule has 0 aliphatic carbocycles. The Hall–Kier alpha value is -7.43. The summed E-state index contributed by atoms with van der Waals surface area (Å²) in [7, 11) is 0. The van der Waals surface area contributed by atoms with Crippen LogP contribution in [0, 0.1) is 0 Å². The minimum absolute atomic E-state index is 0.619. The van der Waals surface area contributed by atoms with Crippen molar-refractivity contribution in [2.24, 2.45) is 0 Å². The summed E-state index contributed by atoms with van der Waals surface area (Å²) in [5.41, 5.74) is 8.43. The van der Waals surface area contributed by atoms with Gasteiger partial charge in [0.05, 0.1) is 16.7 Å². The average molecular weight is 701 g/mol. The van der Waals surface area contributed by atoms with E-state index in [0.717, 1.165) is 38.8 Å². The van der Waals surface area contributed by atoms with Crippen LogP contribution in [0.15, 0.2) is 194 Å². The van der Waals surface area contributed by atoms with E-state index >= 15 is 0 Å². The predicted molar refractivity (Wildman–Crippen MR) is 228 cm³/mol. The standard InChI is InChI=1S/C51H32N4/c1-4-16-33(17-5-1)36-28-29-47-44(30-36)41-26-14-15-27-46(41)55(47)48-32-43-40-25-13-11-23-38(40)37-22-10-12-24-39(37)42(43)31-45(48)51-53-49(34-18-6-2-7-19-34)52-50(54-51)35-20-8-3-9-21-35/h1-32H. The van der Waals surface area contributed by atoms with Crippen LogP contribution in [0.3, 0.4) is 0 Å². The van der Waals surface area contributed by atoms with Crippen molar-refractivity contribution in [3.05, 3.63) is 194 Å². The zero-order valence-electron chi connectivity index (χ0n) is 29.8. The largest absolute Gasteiger partial charge is 0.308 e. The molecule has 0 atom stereocenters. The molecule has 0 N–H and O–H groups in total. The summed E-state index contributed by atoms with van der Waals surface area (Å²) in [4.78, 5) is 15.6. The van der Waals surface area contributed by atoms with Crippen molar-refractivity contribution in [1.29, 1.82) is 0 Å². The molecule has 2 aromatic heterocycles. The lowest BCUT2D eigenvalue weighted by molar-refractivity contribution is 1.07. The summed E-state index contributed by atoms with van der Waals surface area (Å²) in [6, 6.07) is 68.7. The van der Waals surface area contributed by atoms with Gasteiger partial charge in [0.2, 0.25) is 0 Å². The fourth-order valence-electron chi connectivity index (χ4n) is 8.28. The van der Waals surface area contributed by atoms with E-state index in [0.29, 0.717) is 17.5 Å². The molecule has 0 saturated heterocycles. The second-order valence-electron chi connectivity index (χ2n) is 14.0. The topological polar surface area (TPSA) is 43.6 Å². The first-order valence-corrected chi connectivity index (χ1v) is 18.6. The Balaban J connectivity index is 1.29. The summed E-state index contributed by atoms with van der Waals surface area (Å²) in [5, 5.41) is 9.58. The van der Waals surface area contributed by atoms with Gasteiger partial charge in [-0.15, -0.1) is 0 Å². The van der Waals surface area contributed by atoms with Gasteiger partial charge in [-0.2, -0.15) is 0 Å². The molecule has 0 saturated carbocycles. The van der Waals surface area contributed by atoms with Crippen LogP contribution < -0.4 is 0 Å². The average Bonchev–Trinajstić information content (AvgIpc) is 3.60. The van der Waals surface area contributed by atoms with Gasteiger partial charge < -0.3 is 4.57 Å². The first-order valence-electron chi connectivity index (χ1n) is 18.6. The molecule has 0 aliphatic rings. The summed E-state index contributed by atoms with van der Waals surface area (Å²) < 4.78 is 2.41. The minimum atomic E-state index is 0.619. The number of rotatable bonds is 5. The maximum atomic E-state index is 5.30. The second-order valence-corrected chi connectivity index (χ2v) is 14.0. The highest BCUT2D eigenvalue weighted by Gasteiger charge is 2.22. The molecule has 11 rings (SSSR count). The van der Waals surface area contributed by atoms with Gasteiger partial charge in [0.1, 0.15) is 0 Å². The second kappa shape index (κ2) is 12.6. The summed E-state index contributed by atoms with van der Waals surface area (Å²) in [5.74, 6) is 1.89. The Labute approximate surface area is 317 Å². The Morgan fingerprint density at radius 1 is 0.273 bits per heavy atom. The van der Waals surface area contributed by atoms with E-state index in [1.807, 2.05) is 36.4 Å². The van der Waals surface area contributed by atoms with Crippen LogP contribution in [-0.4, -0.2) is 19.5 Å². The molecule has 55 heavy (non-hydrogen) atoms. The van der Waals surface area contributed by atoms with Gasteiger partial charge >= 0.3 is 0 Å². The van der Waals surface area contributed by atoms with E-state index in [1.54, 1.807) is 0 Å². The maximum Gasteiger partial charge on any atom is 0.166 e. The Kier molecular flexibility index (Phi) is 7.14. The number of hydrogen-bond donors (Lipinski definition) is 0. The van der Waals surface area contributed by atoms with Crippen LogP contribution in [-0.2, 0) is 0 Å². The predicted octanol–water partition coefficient (Wildman–Crippen LogP) is 13.1. The van der Waals surface area contributed by atoms with Crippen LogP contribution in [0.1, 0.15) is 0 Å². The lowest BCUT2D eigenvalue weighted by Crippen LogP contribution is -2.04. The van der Waals surface area contributed by atoms with Gasteiger partial charge in [0.15, 0.2) is 17.5 Å². The highest BCUT2D eigenvalue weighted by atomic mass is 15.1. The van der Waals surface area contributed by atoms with Crippen molar-refractivity contribution in [1.82, 2.24) is 19.5 Å². The normalized spacial score (nSPS) is 11.6. The number of nitrogens with zero attached hydrogens (tertiary/aromatic N) is 4. The van der Waals surface area contributed by atoms with E-state index in [4.69, 9.17) is 15.0 Å². The molecule has 0 spiro atoms. The summed E-state index contributed by atoms with van der Waals surface area (Å²) >= 11 is 0. The molecule has 0 bridgehead atoms. The number of benzene rings is 9. The third kappa shape index (κ3) is 5.11. The molecule has 0 radical (unpaired) electrons. The molecular weight excluding hydrogens is 669 g/mol. The number of hydrogen-bond acceptors (Lipinski definition) is 3. The van der Waals surface area contributed by atoms with Gasteiger partial charge in [-0.05, 0) is 73.8 Å². The fraction of sp³-hybridized carbons (Fsp3) is 0. The molecule has 0 unspecified atom stereocenters. The first-order chi connectivity index (χ1) is 27.3. The molecule has 0 amide bonds. The molecule has 4 nitrogen and oxygen atoms in total. The van der Waals surface area contributed by atoms with Gasteiger partial charge in [0, 0.05) is 27.5 Å². The van der Waals surface area contributed by atoms with Gasteiger partial charge in [-0.25, -0.2) is 15.0 Å². The quantitative estimate of drug-likeness (QED) is 0.168. The highest BCUT2D eigenvalue weighted by Crippen LogP contribution is 2.43. The highest BCUT2D eigenvalue weighted by molar-refractivity contribution is 6.26. The van der Waals surface area contributed by atoms with Crippen molar-refractivity contribution in [2.45, 2.75) is 0 Å². The Morgan fingerprint density at radius 3 is 1.29 bits per heavy atom. The molecule has 0 fully saturated rings. The molecule has 4 heteroatoms. The lowest BCUT2D eigenvalue weighted by atomic mass is 9.92. The SMILES string of the molecule is c1ccc(-c2ccc3c(c2)c2ccccc2n3-c2cc3c4ccccc4c4ccccc4c3cc2-c2nc(-c3ccccc3)nc(-c3ccccc3)n2)cc1. The van der Waals surface area contributed by atoms with Gasteiger partial charge in [-0.3, -0.25) is 0 Å². The fourth-order valence-corrected chi connectivity index (χ4v) is 8.28. The lowest BCUT2D eigenvalue weighted by Gasteiger charge is -2.18.